The SMILES string of the molecule is Cc1nnc(N2N=C(c3cc(F)ccc3F)SC2(CN)c2ccccc2)s1. The maximum atomic E-state index is 14.4. The van der Waals surface area contributed by atoms with Crippen molar-refractivity contribution in [3.05, 3.63) is 76.3 Å². The van der Waals surface area contributed by atoms with Crippen LogP contribution in [0.1, 0.15) is 16.1 Å². The van der Waals surface area contributed by atoms with E-state index in [2.05, 4.69) is 15.3 Å². The summed E-state index contributed by atoms with van der Waals surface area (Å²) in [6.45, 7) is 2.03. The van der Waals surface area contributed by atoms with Crippen LogP contribution in [0.2, 0.25) is 0 Å². The van der Waals surface area contributed by atoms with Gasteiger partial charge >= 0.3 is 0 Å². The third kappa shape index (κ3) is 3.11. The van der Waals surface area contributed by atoms with Crippen LogP contribution in [-0.2, 0) is 4.87 Å². The zero-order valence-electron chi connectivity index (χ0n) is 14.3. The van der Waals surface area contributed by atoms with Crippen LogP contribution in [0.3, 0.4) is 0 Å². The van der Waals surface area contributed by atoms with Crippen molar-refractivity contribution in [2.75, 3.05) is 11.6 Å². The van der Waals surface area contributed by atoms with Crippen molar-refractivity contribution in [3.8, 4) is 0 Å². The first-order valence-electron chi connectivity index (χ1n) is 8.12. The smallest absolute Gasteiger partial charge is 0.230 e. The van der Waals surface area contributed by atoms with Crippen molar-refractivity contribution in [1.29, 1.82) is 0 Å². The predicted octanol–water partition coefficient (Wildman–Crippen LogP) is 3.85. The average molecular weight is 403 g/mol. The number of thioether (sulfide) groups is 1. The van der Waals surface area contributed by atoms with E-state index in [1.165, 1.54) is 23.1 Å². The van der Waals surface area contributed by atoms with E-state index in [1.807, 2.05) is 37.3 Å². The number of halogens is 2. The minimum atomic E-state index is -0.832. The van der Waals surface area contributed by atoms with Crippen molar-refractivity contribution in [3.63, 3.8) is 0 Å². The summed E-state index contributed by atoms with van der Waals surface area (Å²) in [6, 6.07) is 12.9. The Morgan fingerprint density at radius 1 is 1.11 bits per heavy atom. The number of hydrazone groups is 1. The molecule has 1 aliphatic heterocycles. The van der Waals surface area contributed by atoms with Gasteiger partial charge in [-0.05, 0) is 30.7 Å². The summed E-state index contributed by atoms with van der Waals surface area (Å²) < 4.78 is 28.1. The van der Waals surface area contributed by atoms with Gasteiger partial charge < -0.3 is 5.73 Å². The van der Waals surface area contributed by atoms with Gasteiger partial charge in [-0.2, -0.15) is 5.10 Å². The number of hydrogen-bond donors (Lipinski definition) is 1. The molecule has 3 aromatic rings. The van der Waals surface area contributed by atoms with Crippen molar-refractivity contribution in [2.24, 2.45) is 10.8 Å². The Bertz CT molecular complexity index is 1010. The summed E-state index contributed by atoms with van der Waals surface area (Å²) in [4.78, 5) is -0.832. The number of aryl methyl sites for hydroxylation is 1. The third-order valence-electron chi connectivity index (χ3n) is 4.16. The highest BCUT2D eigenvalue weighted by Crippen LogP contribution is 2.49. The molecule has 138 valence electrons. The highest BCUT2D eigenvalue weighted by molar-refractivity contribution is 8.15. The minimum Gasteiger partial charge on any atom is -0.327 e. The molecule has 1 aliphatic rings. The van der Waals surface area contributed by atoms with Crippen LogP contribution in [-0.4, -0.2) is 21.8 Å². The van der Waals surface area contributed by atoms with Crippen LogP contribution in [0.25, 0.3) is 0 Å². The number of benzene rings is 2. The number of hydrogen-bond acceptors (Lipinski definition) is 7. The maximum absolute atomic E-state index is 14.4. The molecule has 5 nitrogen and oxygen atoms in total. The molecule has 0 spiro atoms. The fraction of sp³-hybridized carbons (Fsp3) is 0.167. The highest BCUT2D eigenvalue weighted by atomic mass is 32.2. The molecule has 1 atom stereocenters. The van der Waals surface area contributed by atoms with Gasteiger partial charge in [0.2, 0.25) is 5.13 Å². The van der Waals surface area contributed by atoms with E-state index >= 15 is 0 Å². The van der Waals surface area contributed by atoms with Gasteiger partial charge in [-0.25, -0.2) is 13.8 Å². The number of nitrogens with two attached hydrogens (primary N) is 1. The Morgan fingerprint density at radius 3 is 2.56 bits per heavy atom. The standard InChI is InChI=1S/C18H15F2N5S2/c1-11-22-23-17(26-11)25-18(10-21,12-5-3-2-4-6-12)27-16(24-25)14-9-13(19)7-8-15(14)20/h2-9H,10,21H2,1H3. The van der Waals surface area contributed by atoms with Crippen LogP contribution in [0.15, 0.2) is 53.6 Å². The number of rotatable bonds is 4. The summed E-state index contributed by atoms with van der Waals surface area (Å²) in [7, 11) is 0. The lowest BCUT2D eigenvalue weighted by Crippen LogP contribution is -2.44. The summed E-state index contributed by atoms with van der Waals surface area (Å²) >= 11 is 2.64. The topological polar surface area (TPSA) is 67.4 Å². The first kappa shape index (κ1) is 18.0. The van der Waals surface area contributed by atoms with Crippen LogP contribution in [0.5, 0.6) is 0 Å². The Hall–Kier alpha value is -2.36. The van der Waals surface area contributed by atoms with Crippen molar-refractivity contribution in [1.82, 2.24) is 10.2 Å². The molecule has 0 fully saturated rings. The molecule has 0 bridgehead atoms. The number of nitrogens with zero attached hydrogens (tertiary/aromatic N) is 4. The maximum Gasteiger partial charge on any atom is 0.230 e. The van der Waals surface area contributed by atoms with Gasteiger partial charge in [0, 0.05) is 12.1 Å². The molecule has 1 unspecified atom stereocenters. The molecule has 0 aliphatic carbocycles. The second-order valence-corrected chi connectivity index (χ2v) is 8.33. The Kier molecular flexibility index (Phi) is 4.67. The molecule has 2 aromatic carbocycles. The largest absolute Gasteiger partial charge is 0.327 e. The van der Waals surface area contributed by atoms with Crippen molar-refractivity contribution in [2.45, 2.75) is 11.8 Å². The molecule has 2 heterocycles. The quantitative estimate of drug-likeness (QED) is 0.717. The molecule has 1 aromatic heterocycles. The monoisotopic (exact) mass is 403 g/mol. The Morgan fingerprint density at radius 2 is 1.89 bits per heavy atom. The van der Waals surface area contributed by atoms with Gasteiger partial charge in [0.1, 0.15) is 21.7 Å². The fourth-order valence-corrected chi connectivity index (χ4v) is 4.89. The van der Waals surface area contributed by atoms with E-state index in [0.717, 1.165) is 28.8 Å². The van der Waals surface area contributed by atoms with Crippen molar-refractivity contribution >= 4 is 33.3 Å². The molecular weight excluding hydrogens is 388 g/mol. The predicted molar refractivity (Wildman–Crippen MR) is 105 cm³/mol. The van der Waals surface area contributed by atoms with E-state index in [-0.39, 0.29) is 12.1 Å². The second-order valence-electron chi connectivity index (χ2n) is 5.90. The average Bonchev–Trinajstić information content (AvgIpc) is 3.28. The van der Waals surface area contributed by atoms with Gasteiger partial charge in [-0.3, -0.25) is 0 Å². The lowest BCUT2D eigenvalue weighted by Gasteiger charge is -2.34. The summed E-state index contributed by atoms with van der Waals surface area (Å²) in [5.74, 6) is -1.07. The molecule has 2 N–H and O–H groups in total. The van der Waals surface area contributed by atoms with E-state index < -0.39 is 16.5 Å². The van der Waals surface area contributed by atoms with Crippen LogP contribution < -0.4 is 10.7 Å². The fourth-order valence-electron chi connectivity index (χ4n) is 2.86. The lowest BCUT2D eigenvalue weighted by molar-refractivity contribution is 0.596. The molecular formula is C18H15F2N5S2. The van der Waals surface area contributed by atoms with E-state index in [9.17, 15) is 8.78 Å². The van der Waals surface area contributed by atoms with E-state index in [1.54, 1.807) is 5.01 Å². The molecule has 0 saturated heterocycles. The molecule has 0 saturated carbocycles. The first-order valence-corrected chi connectivity index (χ1v) is 9.76. The zero-order valence-corrected chi connectivity index (χ0v) is 15.9. The minimum absolute atomic E-state index is 0.0949. The Balaban J connectivity index is 1.88. The van der Waals surface area contributed by atoms with Crippen LogP contribution in [0.4, 0.5) is 13.9 Å². The Labute approximate surface area is 162 Å². The molecule has 0 amide bonds. The van der Waals surface area contributed by atoms with Gasteiger partial charge in [-0.1, -0.05) is 53.4 Å². The normalized spacial score (nSPS) is 19.4. The summed E-state index contributed by atoms with van der Waals surface area (Å²) in [5, 5.41) is 16.1. The van der Waals surface area contributed by atoms with E-state index in [0.29, 0.717) is 10.2 Å². The lowest BCUT2D eigenvalue weighted by atomic mass is 10.1. The van der Waals surface area contributed by atoms with Gasteiger partial charge in [-0.15, -0.1) is 10.2 Å². The van der Waals surface area contributed by atoms with Gasteiger partial charge in [0.15, 0.2) is 4.87 Å². The van der Waals surface area contributed by atoms with Crippen LogP contribution >= 0.6 is 23.1 Å². The van der Waals surface area contributed by atoms with Crippen molar-refractivity contribution < 1.29 is 8.78 Å². The van der Waals surface area contributed by atoms with E-state index in [4.69, 9.17) is 5.73 Å². The van der Waals surface area contributed by atoms with Gasteiger partial charge in [0.25, 0.3) is 0 Å². The number of anilines is 1. The number of aromatic nitrogens is 2. The van der Waals surface area contributed by atoms with Gasteiger partial charge in [0.05, 0.1) is 0 Å². The molecule has 27 heavy (non-hydrogen) atoms. The molecule has 4 rings (SSSR count). The summed E-state index contributed by atoms with van der Waals surface area (Å²) in [5.41, 5.74) is 7.18. The van der Waals surface area contributed by atoms with Crippen LogP contribution in [0, 0.1) is 18.6 Å². The third-order valence-corrected chi connectivity index (χ3v) is 6.38. The zero-order chi connectivity index (χ0) is 19.0. The highest BCUT2D eigenvalue weighted by Gasteiger charge is 2.47. The molecule has 9 heteroatoms. The second kappa shape index (κ2) is 6.99. The first-order chi connectivity index (χ1) is 13.0. The molecule has 0 radical (unpaired) electrons. The summed E-state index contributed by atoms with van der Waals surface area (Å²) in [6.07, 6.45) is 0.